The van der Waals surface area contributed by atoms with Gasteiger partial charge in [0.25, 0.3) is 0 Å². The van der Waals surface area contributed by atoms with Crippen LogP contribution in [0.15, 0.2) is 22.7 Å². The van der Waals surface area contributed by atoms with Gasteiger partial charge in [-0.3, -0.25) is 4.79 Å². The van der Waals surface area contributed by atoms with E-state index in [9.17, 15) is 9.90 Å². The second-order valence-corrected chi connectivity index (χ2v) is 5.80. The van der Waals surface area contributed by atoms with E-state index >= 15 is 0 Å². The van der Waals surface area contributed by atoms with Crippen LogP contribution >= 0.6 is 15.9 Å². The Hall–Kier alpha value is -1.54. The average molecular weight is 323 g/mol. The van der Waals surface area contributed by atoms with Gasteiger partial charge in [-0.2, -0.15) is 5.26 Å². The smallest absolute Gasteiger partial charge is 0.324 e. The Bertz CT molecular complexity index is 543. The predicted molar refractivity (Wildman–Crippen MR) is 76.0 cm³/mol. The van der Waals surface area contributed by atoms with Crippen LogP contribution in [0, 0.1) is 23.7 Å². The first-order valence-corrected chi connectivity index (χ1v) is 6.93. The molecule has 1 heterocycles. The monoisotopic (exact) mass is 322 g/mol. The van der Waals surface area contributed by atoms with Crippen LogP contribution in [0.3, 0.4) is 0 Å². The summed E-state index contributed by atoms with van der Waals surface area (Å²) in [6, 6.07) is 8.07. The third kappa shape index (κ3) is 2.59. The van der Waals surface area contributed by atoms with Gasteiger partial charge >= 0.3 is 5.97 Å². The summed E-state index contributed by atoms with van der Waals surface area (Å²) in [4.78, 5) is 13.3. The molecule has 100 valence electrons. The van der Waals surface area contributed by atoms with Crippen molar-refractivity contribution < 1.29 is 9.90 Å². The van der Waals surface area contributed by atoms with Crippen LogP contribution in [0.4, 0.5) is 5.69 Å². The number of hydrogen-bond acceptors (Lipinski definition) is 3. The van der Waals surface area contributed by atoms with Gasteiger partial charge in [-0.15, -0.1) is 0 Å². The van der Waals surface area contributed by atoms with Gasteiger partial charge in [-0.25, -0.2) is 0 Å². The maximum Gasteiger partial charge on any atom is 0.324 e. The van der Waals surface area contributed by atoms with Crippen LogP contribution in [0.1, 0.15) is 18.4 Å². The number of aliphatic carboxylic acids is 1. The van der Waals surface area contributed by atoms with Crippen LogP contribution < -0.4 is 4.90 Å². The minimum atomic E-state index is -1.21. The molecule has 0 atom stereocenters. The number of rotatable bonds is 2. The van der Waals surface area contributed by atoms with Gasteiger partial charge in [-0.05, 0) is 53.4 Å². The first-order chi connectivity index (χ1) is 8.98. The van der Waals surface area contributed by atoms with Crippen molar-refractivity contribution in [3.8, 4) is 6.07 Å². The Morgan fingerprint density at radius 2 is 2.11 bits per heavy atom. The number of aryl methyl sites for hydroxylation is 1. The topological polar surface area (TPSA) is 64.3 Å². The molecule has 1 saturated heterocycles. The third-order valence-corrected chi connectivity index (χ3v) is 4.32. The van der Waals surface area contributed by atoms with Crippen LogP contribution in [0.25, 0.3) is 0 Å². The van der Waals surface area contributed by atoms with Crippen LogP contribution in [-0.2, 0) is 4.79 Å². The molecular formula is C14H15BrN2O2. The highest BCUT2D eigenvalue weighted by atomic mass is 79.9. The summed E-state index contributed by atoms with van der Waals surface area (Å²) < 4.78 is 1.01. The van der Waals surface area contributed by atoms with Gasteiger partial charge in [-0.1, -0.05) is 6.07 Å². The molecular weight excluding hydrogens is 308 g/mol. The minimum Gasteiger partial charge on any atom is -0.480 e. The van der Waals surface area contributed by atoms with Crippen LogP contribution in [0.5, 0.6) is 0 Å². The molecule has 1 aromatic carbocycles. The molecule has 4 nitrogen and oxygen atoms in total. The predicted octanol–water partition coefficient (Wildman–Crippen LogP) is 2.95. The number of carbonyl (C=O) groups is 1. The van der Waals surface area contributed by atoms with Crippen molar-refractivity contribution in [1.29, 1.82) is 5.26 Å². The Kier molecular flexibility index (Phi) is 3.81. The number of nitrogens with zero attached hydrogens (tertiary/aromatic N) is 2. The summed E-state index contributed by atoms with van der Waals surface area (Å²) in [5.41, 5.74) is 1.01. The summed E-state index contributed by atoms with van der Waals surface area (Å²) in [6.07, 6.45) is 0.721. The molecule has 1 fully saturated rings. The second kappa shape index (κ2) is 5.22. The molecule has 1 N–H and O–H groups in total. The number of anilines is 1. The minimum absolute atomic E-state index is 0.360. The molecule has 1 aliphatic heterocycles. The quantitative estimate of drug-likeness (QED) is 0.909. The zero-order valence-corrected chi connectivity index (χ0v) is 12.3. The van der Waals surface area contributed by atoms with Crippen molar-refractivity contribution in [3.05, 3.63) is 28.2 Å². The fraction of sp³-hybridized carbons (Fsp3) is 0.429. The largest absolute Gasteiger partial charge is 0.480 e. The van der Waals surface area contributed by atoms with E-state index in [-0.39, 0.29) is 0 Å². The standard InChI is InChI=1S/C14H15BrN2O2/c1-10-2-3-12(11(15)8-10)17-6-4-14(9-16,5-7-17)13(18)19/h2-3,8H,4-7H2,1H3,(H,18,19). The number of benzene rings is 1. The summed E-state index contributed by atoms with van der Waals surface area (Å²) in [5.74, 6) is -1.00. The van der Waals surface area contributed by atoms with E-state index in [1.165, 1.54) is 5.56 Å². The molecule has 19 heavy (non-hydrogen) atoms. The molecule has 0 bridgehead atoms. The second-order valence-electron chi connectivity index (χ2n) is 4.94. The van der Waals surface area contributed by atoms with E-state index in [4.69, 9.17) is 5.26 Å². The molecule has 2 rings (SSSR count). The molecule has 0 spiro atoms. The fourth-order valence-electron chi connectivity index (χ4n) is 2.37. The summed E-state index contributed by atoms with van der Waals surface area (Å²) in [5, 5.41) is 18.3. The van der Waals surface area contributed by atoms with E-state index < -0.39 is 11.4 Å². The number of hydrogen-bond donors (Lipinski definition) is 1. The van der Waals surface area contributed by atoms with E-state index in [0.717, 1.165) is 10.2 Å². The van der Waals surface area contributed by atoms with Crippen molar-refractivity contribution in [2.75, 3.05) is 18.0 Å². The highest BCUT2D eigenvalue weighted by molar-refractivity contribution is 9.10. The fourth-order valence-corrected chi connectivity index (χ4v) is 3.12. The lowest BCUT2D eigenvalue weighted by atomic mass is 9.80. The maximum absolute atomic E-state index is 11.2. The normalized spacial score (nSPS) is 17.8. The van der Waals surface area contributed by atoms with Crippen LogP contribution in [0.2, 0.25) is 0 Å². The van der Waals surface area contributed by atoms with E-state index in [0.29, 0.717) is 25.9 Å². The molecule has 0 aromatic heterocycles. The number of nitriles is 1. The van der Waals surface area contributed by atoms with E-state index in [1.807, 2.05) is 31.2 Å². The number of carboxylic acid groups (broad SMARTS) is 1. The summed E-state index contributed by atoms with van der Waals surface area (Å²) in [7, 11) is 0. The van der Waals surface area contributed by atoms with Gasteiger partial charge in [0, 0.05) is 17.6 Å². The molecule has 1 aromatic rings. The first-order valence-electron chi connectivity index (χ1n) is 6.14. The zero-order valence-electron chi connectivity index (χ0n) is 10.7. The SMILES string of the molecule is Cc1ccc(N2CCC(C#N)(C(=O)O)CC2)c(Br)c1. The maximum atomic E-state index is 11.2. The molecule has 5 heteroatoms. The Labute approximate surface area is 120 Å². The van der Waals surface area contributed by atoms with Gasteiger partial charge in [0.1, 0.15) is 0 Å². The number of halogens is 1. The van der Waals surface area contributed by atoms with Crippen molar-refractivity contribution in [3.63, 3.8) is 0 Å². The summed E-state index contributed by atoms with van der Waals surface area (Å²) >= 11 is 3.53. The lowest BCUT2D eigenvalue weighted by molar-refractivity contribution is -0.146. The summed E-state index contributed by atoms with van der Waals surface area (Å²) in [6.45, 7) is 3.19. The van der Waals surface area contributed by atoms with Gasteiger partial charge < -0.3 is 10.0 Å². The van der Waals surface area contributed by atoms with E-state index in [1.54, 1.807) is 0 Å². The van der Waals surface area contributed by atoms with Crippen molar-refractivity contribution in [2.45, 2.75) is 19.8 Å². The highest BCUT2D eigenvalue weighted by Gasteiger charge is 2.42. The van der Waals surface area contributed by atoms with Crippen molar-refractivity contribution in [1.82, 2.24) is 0 Å². The van der Waals surface area contributed by atoms with Crippen molar-refractivity contribution in [2.24, 2.45) is 5.41 Å². The molecule has 0 unspecified atom stereocenters. The number of piperidine rings is 1. The molecule has 0 saturated carbocycles. The van der Waals surface area contributed by atoms with E-state index in [2.05, 4.69) is 20.8 Å². The first kappa shape index (κ1) is 13.9. The lowest BCUT2D eigenvalue weighted by Gasteiger charge is -2.36. The van der Waals surface area contributed by atoms with Crippen LogP contribution in [-0.4, -0.2) is 24.2 Å². The Balaban J connectivity index is 2.16. The number of carboxylic acids is 1. The molecule has 0 aliphatic carbocycles. The average Bonchev–Trinajstić information content (AvgIpc) is 2.39. The molecule has 1 aliphatic rings. The molecule has 0 amide bonds. The van der Waals surface area contributed by atoms with Gasteiger partial charge in [0.05, 0.1) is 11.8 Å². The van der Waals surface area contributed by atoms with Gasteiger partial charge in [0.2, 0.25) is 0 Å². The van der Waals surface area contributed by atoms with Crippen molar-refractivity contribution >= 4 is 27.6 Å². The highest BCUT2D eigenvalue weighted by Crippen LogP contribution is 2.36. The Morgan fingerprint density at radius 1 is 1.47 bits per heavy atom. The zero-order chi connectivity index (χ0) is 14.0. The third-order valence-electron chi connectivity index (χ3n) is 3.68. The molecule has 0 radical (unpaired) electrons. The van der Waals surface area contributed by atoms with Gasteiger partial charge in [0.15, 0.2) is 5.41 Å². The lowest BCUT2D eigenvalue weighted by Crippen LogP contribution is -2.43. The Morgan fingerprint density at radius 3 is 2.58 bits per heavy atom.